The van der Waals surface area contributed by atoms with Gasteiger partial charge < -0.3 is 0 Å². The number of ketones is 1. The second-order valence-electron chi connectivity index (χ2n) is 3.21. The Hall–Kier alpha value is -0.280. The van der Waals surface area contributed by atoms with E-state index in [-0.39, 0.29) is 5.78 Å². The highest BCUT2D eigenvalue weighted by Crippen LogP contribution is 2.15. The monoisotopic (exact) mass is 272 g/mol. The van der Waals surface area contributed by atoms with Crippen LogP contribution in [-0.2, 0) is 17.6 Å². The zero-order valence-corrected chi connectivity index (χ0v) is 10.6. The molecule has 1 nitrogen and oxygen atoms in total. The Morgan fingerprint density at radius 2 is 2.00 bits per heavy atom. The molecule has 3 heteroatoms. The van der Waals surface area contributed by atoms with Crippen molar-refractivity contribution in [2.24, 2.45) is 0 Å². The van der Waals surface area contributed by atoms with Crippen molar-refractivity contribution in [1.29, 1.82) is 0 Å². The number of hydrogen-bond donors (Lipinski definition) is 1. The predicted molar refractivity (Wildman–Crippen MR) is 65.6 cm³/mol. The molecule has 76 valence electrons. The Bertz CT molecular complexity index is 336. The first-order chi connectivity index (χ1) is 6.65. The highest BCUT2D eigenvalue weighted by Gasteiger charge is 2.03. The van der Waals surface area contributed by atoms with E-state index < -0.39 is 0 Å². The van der Waals surface area contributed by atoms with Crippen LogP contribution in [0.1, 0.15) is 18.1 Å². The maximum atomic E-state index is 11.2. The van der Waals surface area contributed by atoms with E-state index in [1.165, 1.54) is 5.56 Å². The van der Waals surface area contributed by atoms with E-state index in [9.17, 15) is 4.79 Å². The van der Waals surface area contributed by atoms with Gasteiger partial charge in [0.2, 0.25) is 0 Å². The normalized spacial score (nSPS) is 10.2. The van der Waals surface area contributed by atoms with Crippen LogP contribution in [0.15, 0.2) is 23.1 Å². The molecule has 0 bridgehead atoms. The minimum Gasteiger partial charge on any atom is -0.298 e. The average Bonchev–Trinajstić information content (AvgIpc) is 2.16. The van der Waals surface area contributed by atoms with Crippen LogP contribution in [-0.4, -0.2) is 11.1 Å². The molecule has 0 aliphatic rings. The molecule has 0 atom stereocenters. The van der Waals surface area contributed by atoms with Gasteiger partial charge in [0.25, 0.3) is 0 Å². The molecule has 0 aliphatic heterocycles. The van der Waals surface area contributed by atoms with Crippen LogP contribution in [0.4, 0.5) is 0 Å². The van der Waals surface area contributed by atoms with E-state index in [0.29, 0.717) is 11.8 Å². The van der Waals surface area contributed by atoms with Gasteiger partial charge >= 0.3 is 0 Å². The fourth-order valence-corrected chi connectivity index (χ4v) is 1.85. The maximum Gasteiger partial charge on any atom is 0.147 e. The summed E-state index contributed by atoms with van der Waals surface area (Å²) in [7, 11) is 0. The summed E-state index contributed by atoms with van der Waals surface area (Å²) in [5.74, 6) is 0.200. The number of alkyl halides is 1. The van der Waals surface area contributed by atoms with Crippen molar-refractivity contribution in [2.45, 2.75) is 24.7 Å². The molecule has 0 amide bonds. The van der Waals surface area contributed by atoms with Crippen LogP contribution in [0.5, 0.6) is 0 Å². The van der Waals surface area contributed by atoms with E-state index in [0.717, 1.165) is 16.9 Å². The molecule has 1 aromatic carbocycles. The molecule has 0 heterocycles. The van der Waals surface area contributed by atoms with Crippen LogP contribution < -0.4 is 0 Å². The lowest BCUT2D eigenvalue weighted by Crippen LogP contribution is -2.03. The summed E-state index contributed by atoms with van der Waals surface area (Å²) >= 11 is 7.46. The molecule has 0 spiro atoms. The van der Waals surface area contributed by atoms with E-state index in [1.54, 1.807) is 0 Å². The minimum absolute atomic E-state index is 0.200. The first kappa shape index (κ1) is 11.8. The molecule has 0 saturated carbocycles. The Morgan fingerprint density at radius 3 is 2.57 bits per heavy atom. The van der Waals surface area contributed by atoms with Gasteiger partial charge in [0.15, 0.2) is 0 Å². The average molecular weight is 273 g/mol. The largest absolute Gasteiger partial charge is 0.298 e. The Morgan fingerprint density at radius 1 is 1.36 bits per heavy atom. The summed E-state index contributed by atoms with van der Waals surface area (Å²) in [4.78, 5) is 12.2. The van der Waals surface area contributed by atoms with Gasteiger partial charge in [-0.1, -0.05) is 28.9 Å². The molecule has 0 fully saturated rings. The molecular formula is C11H13BrOS. The van der Waals surface area contributed by atoms with E-state index >= 15 is 0 Å². The molecular weight excluding hydrogens is 260 g/mol. The molecule has 1 rings (SSSR count). The number of hydrogen-bond acceptors (Lipinski definition) is 2. The van der Waals surface area contributed by atoms with Gasteiger partial charge in [-0.3, -0.25) is 4.79 Å². The molecule has 0 saturated heterocycles. The topological polar surface area (TPSA) is 17.1 Å². The van der Waals surface area contributed by atoms with Crippen molar-refractivity contribution < 1.29 is 4.79 Å². The van der Waals surface area contributed by atoms with Crippen molar-refractivity contribution >= 4 is 34.3 Å². The number of thiol groups is 1. The number of halogens is 1. The van der Waals surface area contributed by atoms with Gasteiger partial charge in [0.1, 0.15) is 5.78 Å². The van der Waals surface area contributed by atoms with Gasteiger partial charge in [-0.05, 0) is 29.7 Å². The van der Waals surface area contributed by atoms with Gasteiger partial charge in [-0.15, -0.1) is 12.6 Å². The highest BCUT2D eigenvalue weighted by atomic mass is 79.9. The van der Waals surface area contributed by atoms with Crippen molar-refractivity contribution in [3.05, 3.63) is 29.3 Å². The lowest BCUT2D eigenvalue weighted by atomic mass is 10.1. The van der Waals surface area contributed by atoms with Crippen molar-refractivity contribution in [3.8, 4) is 0 Å². The number of Topliss-reactive ketones (excluding diaryl/α,β-unsaturated/α-hetero) is 1. The first-order valence-electron chi connectivity index (χ1n) is 4.55. The number of rotatable bonds is 4. The van der Waals surface area contributed by atoms with Crippen LogP contribution in [0, 0.1) is 0 Å². The number of aryl methyl sites for hydroxylation is 1. The van der Waals surface area contributed by atoms with Crippen molar-refractivity contribution in [1.82, 2.24) is 0 Å². The van der Waals surface area contributed by atoms with Crippen LogP contribution >= 0.6 is 28.6 Å². The van der Waals surface area contributed by atoms with E-state index in [4.69, 9.17) is 0 Å². The van der Waals surface area contributed by atoms with E-state index in [2.05, 4.69) is 41.5 Å². The zero-order valence-electron chi connectivity index (χ0n) is 8.09. The fraction of sp³-hybridized carbons (Fsp3) is 0.364. The molecule has 1 aromatic rings. The van der Waals surface area contributed by atoms with Gasteiger partial charge in [0, 0.05) is 11.3 Å². The number of carbonyl (C=O) groups excluding carboxylic acids is 1. The summed E-state index contributed by atoms with van der Waals surface area (Å²) < 4.78 is 0. The summed E-state index contributed by atoms with van der Waals surface area (Å²) in [5, 5.41) is 0.422. The molecule has 14 heavy (non-hydrogen) atoms. The summed E-state index contributed by atoms with van der Waals surface area (Å²) in [5.41, 5.74) is 2.29. The molecule has 0 radical (unpaired) electrons. The zero-order chi connectivity index (χ0) is 10.6. The van der Waals surface area contributed by atoms with Crippen LogP contribution in [0.2, 0.25) is 0 Å². The van der Waals surface area contributed by atoms with Crippen molar-refractivity contribution in [2.75, 3.05) is 5.33 Å². The summed E-state index contributed by atoms with van der Waals surface area (Å²) in [6.07, 6.45) is 1.47. The second-order valence-corrected chi connectivity index (χ2v) is 4.29. The summed E-state index contributed by atoms with van der Waals surface area (Å²) in [6.45, 7) is 2.10. The third-order valence-electron chi connectivity index (χ3n) is 2.00. The molecule has 0 aromatic heterocycles. The quantitative estimate of drug-likeness (QED) is 0.659. The molecule has 0 aliphatic carbocycles. The van der Waals surface area contributed by atoms with Crippen LogP contribution in [0.25, 0.3) is 0 Å². The standard InChI is InChI=1S/C11H13BrOS/c1-2-8-3-9(4-10(13)7-12)6-11(14)5-8/h3,5-6,14H,2,4,7H2,1H3. The fourth-order valence-electron chi connectivity index (χ4n) is 1.32. The predicted octanol–water partition coefficient (Wildman–Crippen LogP) is 3.04. The number of benzene rings is 1. The van der Waals surface area contributed by atoms with Crippen molar-refractivity contribution in [3.63, 3.8) is 0 Å². The molecule has 0 unspecified atom stereocenters. The minimum atomic E-state index is 0.200. The SMILES string of the molecule is CCc1cc(S)cc(CC(=O)CBr)c1. The van der Waals surface area contributed by atoms with Gasteiger partial charge in [-0.25, -0.2) is 0 Å². The smallest absolute Gasteiger partial charge is 0.147 e. The van der Waals surface area contributed by atoms with Gasteiger partial charge in [0.05, 0.1) is 5.33 Å². The number of carbonyl (C=O) groups is 1. The Labute approximate surface area is 98.4 Å². The summed E-state index contributed by atoms with van der Waals surface area (Å²) in [6, 6.07) is 6.05. The second kappa shape index (κ2) is 5.56. The first-order valence-corrected chi connectivity index (χ1v) is 6.12. The van der Waals surface area contributed by atoms with Gasteiger partial charge in [-0.2, -0.15) is 0 Å². The third kappa shape index (κ3) is 3.46. The van der Waals surface area contributed by atoms with Crippen LogP contribution in [0.3, 0.4) is 0 Å². The van der Waals surface area contributed by atoms with E-state index in [1.807, 2.05) is 12.1 Å². The molecule has 0 N–H and O–H groups in total. The Balaban J connectivity index is 2.86. The highest BCUT2D eigenvalue weighted by molar-refractivity contribution is 9.09. The maximum absolute atomic E-state index is 11.2. The Kier molecular flexibility index (Phi) is 4.69. The lowest BCUT2D eigenvalue weighted by molar-refractivity contribution is -0.115. The third-order valence-corrected chi connectivity index (χ3v) is 2.88. The lowest BCUT2D eigenvalue weighted by Gasteiger charge is -2.04.